The normalized spacial score (nSPS) is 20.9. The number of nitrogens with one attached hydrogen (secondary N) is 1. The van der Waals surface area contributed by atoms with Crippen LogP contribution < -0.4 is 10.1 Å². The molecule has 0 saturated carbocycles. The number of aromatic nitrogens is 2. The summed E-state index contributed by atoms with van der Waals surface area (Å²) in [6.07, 6.45) is 7.51. The molecule has 1 heterocycles. The van der Waals surface area contributed by atoms with Crippen LogP contribution in [0.5, 0.6) is 5.75 Å². The number of ether oxygens (including phenoxy) is 1. The van der Waals surface area contributed by atoms with E-state index in [2.05, 4.69) is 27.4 Å². The first-order valence-electron chi connectivity index (χ1n) is 7.08. The number of hydrogen-bond donors (Lipinski definition) is 1. The van der Waals surface area contributed by atoms with E-state index in [0.717, 1.165) is 23.6 Å². The highest BCUT2D eigenvalue weighted by molar-refractivity contribution is 7.99. The van der Waals surface area contributed by atoms with Crippen molar-refractivity contribution in [2.24, 2.45) is 0 Å². The SMILES string of the molecule is CNC1c2cc(OC)ccc2CCC1Sc1cnccn1. The van der Waals surface area contributed by atoms with Crippen molar-refractivity contribution in [1.82, 2.24) is 15.3 Å². The highest BCUT2D eigenvalue weighted by Crippen LogP contribution is 2.40. The molecule has 2 aromatic rings. The van der Waals surface area contributed by atoms with Crippen LogP contribution in [0.1, 0.15) is 23.6 Å². The highest BCUT2D eigenvalue weighted by Gasteiger charge is 2.29. The van der Waals surface area contributed by atoms with Gasteiger partial charge in [-0.2, -0.15) is 0 Å². The summed E-state index contributed by atoms with van der Waals surface area (Å²) < 4.78 is 5.37. The minimum atomic E-state index is 0.302. The summed E-state index contributed by atoms with van der Waals surface area (Å²) in [5, 5.41) is 4.89. The first-order chi connectivity index (χ1) is 10.3. The van der Waals surface area contributed by atoms with Gasteiger partial charge in [-0.05, 0) is 43.1 Å². The monoisotopic (exact) mass is 301 g/mol. The topological polar surface area (TPSA) is 47.0 Å². The molecule has 0 bridgehead atoms. The van der Waals surface area contributed by atoms with E-state index in [-0.39, 0.29) is 0 Å². The minimum absolute atomic E-state index is 0.302. The van der Waals surface area contributed by atoms with Crippen molar-refractivity contribution in [3.63, 3.8) is 0 Å². The van der Waals surface area contributed by atoms with Gasteiger partial charge >= 0.3 is 0 Å². The van der Waals surface area contributed by atoms with Crippen molar-refractivity contribution in [2.45, 2.75) is 29.2 Å². The van der Waals surface area contributed by atoms with E-state index in [9.17, 15) is 0 Å². The van der Waals surface area contributed by atoms with E-state index in [1.807, 2.05) is 19.3 Å². The smallest absolute Gasteiger partial charge is 0.119 e. The Balaban J connectivity index is 1.87. The van der Waals surface area contributed by atoms with Crippen molar-refractivity contribution in [1.29, 1.82) is 0 Å². The van der Waals surface area contributed by atoms with Crippen LogP contribution in [0.2, 0.25) is 0 Å². The number of fused-ring (bicyclic) bond motifs is 1. The average Bonchev–Trinajstić information content (AvgIpc) is 2.55. The predicted octanol–water partition coefficient (Wildman–Crippen LogP) is 2.85. The maximum atomic E-state index is 5.37. The van der Waals surface area contributed by atoms with Gasteiger partial charge in [0.25, 0.3) is 0 Å². The Morgan fingerprint density at radius 3 is 2.95 bits per heavy atom. The van der Waals surface area contributed by atoms with Crippen LogP contribution in [-0.4, -0.2) is 29.4 Å². The second-order valence-electron chi connectivity index (χ2n) is 5.07. The van der Waals surface area contributed by atoms with E-state index < -0.39 is 0 Å². The summed E-state index contributed by atoms with van der Waals surface area (Å²) in [5.74, 6) is 0.916. The van der Waals surface area contributed by atoms with Crippen LogP contribution >= 0.6 is 11.8 Å². The van der Waals surface area contributed by atoms with Crippen LogP contribution in [-0.2, 0) is 6.42 Å². The fourth-order valence-electron chi connectivity index (χ4n) is 2.85. The number of rotatable bonds is 4. The van der Waals surface area contributed by atoms with Gasteiger partial charge in [-0.15, -0.1) is 0 Å². The zero-order chi connectivity index (χ0) is 14.7. The van der Waals surface area contributed by atoms with Gasteiger partial charge in [0.2, 0.25) is 0 Å². The third kappa shape index (κ3) is 3.04. The lowest BCUT2D eigenvalue weighted by molar-refractivity contribution is 0.411. The Morgan fingerprint density at radius 1 is 1.33 bits per heavy atom. The van der Waals surface area contributed by atoms with Crippen molar-refractivity contribution >= 4 is 11.8 Å². The number of methoxy groups -OCH3 is 1. The predicted molar refractivity (Wildman–Crippen MR) is 84.8 cm³/mol. The molecule has 0 amide bonds. The van der Waals surface area contributed by atoms with Crippen LogP contribution in [0.3, 0.4) is 0 Å². The third-order valence-corrected chi connectivity index (χ3v) is 5.14. The zero-order valence-electron chi connectivity index (χ0n) is 12.2. The summed E-state index contributed by atoms with van der Waals surface area (Å²) >= 11 is 1.80. The molecule has 1 aromatic carbocycles. The Morgan fingerprint density at radius 2 is 2.24 bits per heavy atom. The standard InChI is InChI=1S/C16H19N3OS/c1-17-16-13-9-12(20-2)5-3-11(13)4-6-14(16)21-15-10-18-7-8-19-15/h3,5,7-10,14,16-17H,4,6H2,1-2H3. The molecule has 0 fully saturated rings. The molecule has 0 saturated heterocycles. The molecular weight excluding hydrogens is 282 g/mol. The molecule has 21 heavy (non-hydrogen) atoms. The van der Waals surface area contributed by atoms with Gasteiger partial charge in [0.05, 0.1) is 13.3 Å². The van der Waals surface area contributed by atoms with Crippen molar-refractivity contribution in [3.05, 3.63) is 47.9 Å². The van der Waals surface area contributed by atoms with Gasteiger partial charge in [-0.25, -0.2) is 4.98 Å². The lowest BCUT2D eigenvalue weighted by Crippen LogP contribution is -2.32. The van der Waals surface area contributed by atoms with Crippen molar-refractivity contribution in [2.75, 3.05) is 14.2 Å². The highest BCUT2D eigenvalue weighted by atomic mass is 32.2. The van der Waals surface area contributed by atoms with E-state index in [1.165, 1.54) is 11.1 Å². The molecule has 4 nitrogen and oxygen atoms in total. The zero-order valence-corrected chi connectivity index (χ0v) is 13.1. The minimum Gasteiger partial charge on any atom is -0.497 e. The van der Waals surface area contributed by atoms with Crippen LogP contribution in [0.25, 0.3) is 0 Å². The van der Waals surface area contributed by atoms with Gasteiger partial charge in [0.15, 0.2) is 0 Å². The first kappa shape index (κ1) is 14.4. The molecule has 1 aliphatic rings. The summed E-state index contributed by atoms with van der Waals surface area (Å²) in [5.41, 5.74) is 2.75. The molecule has 2 unspecified atom stereocenters. The van der Waals surface area contributed by atoms with Crippen molar-refractivity contribution in [3.8, 4) is 5.75 Å². The maximum absolute atomic E-state index is 5.37. The van der Waals surface area contributed by atoms with E-state index >= 15 is 0 Å². The summed E-state index contributed by atoms with van der Waals surface area (Å²) in [7, 11) is 3.73. The number of aryl methyl sites for hydroxylation is 1. The fraction of sp³-hybridized carbons (Fsp3) is 0.375. The van der Waals surface area contributed by atoms with Gasteiger partial charge in [-0.1, -0.05) is 17.8 Å². The summed E-state index contributed by atoms with van der Waals surface area (Å²) in [6, 6.07) is 6.68. The lowest BCUT2D eigenvalue weighted by atomic mass is 9.87. The average molecular weight is 301 g/mol. The van der Waals surface area contributed by atoms with Crippen molar-refractivity contribution < 1.29 is 4.74 Å². The largest absolute Gasteiger partial charge is 0.497 e. The molecule has 1 aliphatic carbocycles. The van der Waals surface area contributed by atoms with Crippen LogP contribution in [0.4, 0.5) is 0 Å². The molecular formula is C16H19N3OS. The molecule has 0 radical (unpaired) electrons. The van der Waals surface area contributed by atoms with Gasteiger partial charge in [0.1, 0.15) is 10.8 Å². The van der Waals surface area contributed by atoms with E-state index in [1.54, 1.807) is 31.3 Å². The van der Waals surface area contributed by atoms with E-state index in [0.29, 0.717) is 11.3 Å². The first-order valence-corrected chi connectivity index (χ1v) is 7.96. The second-order valence-corrected chi connectivity index (χ2v) is 6.33. The molecule has 0 spiro atoms. The summed E-state index contributed by atoms with van der Waals surface area (Å²) in [4.78, 5) is 8.53. The third-order valence-electron chi connectivity index (χ3n) is 3.88. The van der Waals surface area contributed by atoms with E-state index in [4.69, 9.17) is 4.74 Å². The lowest BCUT2D eigenvalue weighted by Gasteiger charge is -2.33. The van der Waals surface area contributed by atoms with Gasteiger partial charge in [-0.3, -0.25) is 4.98 Å². The molecule has 1 aromatic heterocycles. The second kappa shape index (κ2) is 6.45. The molecule has 2 atom stereocenters. The molecule has 1 N–H and O–H groups in total. The Kier molecular flexibility index (Phi) is 4.41. The Hall–Kier alpha value is -1.59. The van der Waals surface area contributed by atoms with Gasteiger partial charge in [0, 0.05) is 23.7 Å². The summed E-state index contributed by atoms with van der Waals surface area (Å²) in [6.45, 7) is 0. The fourth-order valence-corrected chi connectivity index (χ4v) is 4.06. The molecule has 0 aliphatic heterocycles. The number of thioether (sulfide) groups is 1. The Labute approximate surface area is 129 Å². The molecule has 5 heteroatoms. The number of benzene rings is 1. The number of nitrogens with zero attached hydrogens (tertiary/aromatic N) is 2. The quantitative estimate of drug-likeness (QED) is 0.941. The van der Waals surface area contributed by atoms with Crippen LogP contribution in [0.15, 0.2) is 41.8 Å². The maximum Gasteiger partial charge on any atom is 0.119 e. The van der Waals surface area contributed by atoms with Gasteiger partial charge < -0.3 is 10.1 Å². The molecule has 110 valence electrons. The number of hydrogen-bond acceptors (Lipinski definition) is 5. The molecule has 3 rings (SSSR count). The van der Waals surface area contributed by atoms with Crippen LogP contribution in [0, 0.1) is 0 Å². The Bertz CT molecular complexity index is 606.